The van der Waals surface area contributed by atoms with Crippen molar-refractivity contribution in [3.8, 4) is 0 Å². The Kier molecular flexibility index (Phi) is 5.01. The number of hydrogen-bond acceptors (Lipinski definition) is 4. The van der Waals surface area contributed by atoms with E-state index in [1.54, 1.807) is 22.9 Å². The first-order valence-corrected chi connectivity index (χ1v) is 10.7. The SMILES string of the molecule is O=c1c2cc(Cl)ccc2n2c(N3CCCCCC3)nnc2n1/C=C/c1ccccc1. The minimum atomic E-state index is -0.165. The zero-order valence-corrected chi connectivity index (χ0v) is 17.3. The molecule has 0 bridgehead atoms. The fourth-order valence-electron chi connectivity index (χ4n) is 4.07. The smallest absolute Gasteiger partial charge is 0.266 e. The average Bonchev–Trinajstić information content (AvgIpc) is 3.02. The molecule has 1 fully saturated rings. The summed E-state index contributed by atoms with van der Waals surface area (Å²) < 4.78 is 3.54. The van der Waals surface area contributed by atoms with E-state index in [0.29, 0.717) is 16.2 Å². The van der Waals surface area contributed by atoms with Crippen molar-refractivity contribution >= 4 is 46.5 Å². The van der Waals surface area contributed by atoms with E-state index in [0.717, 1.165) is 43.0 Å². The number of benzene rings is 2. The van der Waals surface area contributed by atoms with E-state index < -0.39 is 0 Å². The van der Waals surface area contributed by atoms with Crippen LogP contribution < -0.4 is 10.5 Å². The molecule has 1 aliphatic rings. The molecule has 1 aliphatic heterocycles. The summed E-state index contributed by atoms with van der Waals surface area (Å²) in [6, 6.07) is 15.3. The highest BCUT2D eigenvalue weighted by molar-refractivity contribution is 6.31. The van der Waals surface area contributed by atoms with Gasteiger partial charge in [0.05, 0.1) is 10.9 Å². The van der Waals surface area contributed by atoms with Crippen molar-refractivity contribution in [2.24, 2.45) is 0 Å². The highest BCUT2D eigenvalue weighted by atomic mass is 35.5. The van der Waals surface area contributed by atoms with Crippen LogP contribution in [-0.4, -0.2) is 32.3 Å². The molecular formula is C23H22ClN5O. The van der Waals surface area contributed by atoms with Crippen LogP contribution in [0.25, 0.3) is 29.0 Å². The molecule has 0 saturated carbocycles. The number of aromatic nitrogens is 4. The first-order chi connectivity index (χ1) is 14.7. The second-order valence-electron chi connectivity index (χ2n) is 7.60. The minimum Gasteiger partial charge on any atom is -0.341 e. The van der Waals surface area contributed by atoms with Gasteiger partial charge in [-0.05, 0) is 42.7 Å². The fraction of sp³-hybridized carbons (Fsp3) is 0.261. The number of rotatable bonds is 3. The van der Waals surface area contributed by atoms with Gasteiger partial charge < -0.3 is 4.90 Å². The first-order valence-electron chi connectivity index (χ1n) is 10.3. The Labute approximate surface area is 179 Å². The van der Waals surface area contributed by atoms with Crippen LogP contribution in [-0.2, 0) is 0 Å². The highest BCUT2D eigenvalue weighted by Gasteiger charge is 2.20. The summed E-state index contributed by atoms with van der Waals surface area (Å²) in [6.45, 7) is 1.88. The maximum Gasteiger partial charge on any atom is 0.266 e. The molecule has 0 N–H and O–H groups in total. The van der Waals surface area contributed by atoms with Gasteiger partial charge in [0.25, 0.3) is 5.56 Å². The van der Waals surface area contributed by atoms with Crippen LogP contribution in [0.1, 0.15) is 31.2 Å². The number of anilines is 1. The third-order valence-electron chi connectivity index (χ3n) is 5.60. The minimum absolute atomic E-state index is 0.165. The molecule has 1 saturated heterocycles. The van der Waals surface area contributed by atoms with Crippen molar-refractivity contribution in [3.63, 3.8) is 0 Å². The highest BCUT2D eigenvalue weighted by Crippen LogP contribution is 2.24. The summed E-state index contributed by atoms with van der Waals surface area (Å²) in [5.74, 6) is 1.28. The summed E-state index contributed by atoms with van der Waals surface area (Å²) in [5.41, 5.74) is 1.61. The van der Waals surface area contributed by atoms with Crippen LogP contribution in [0.5, 0.6) is 0 Å². The van der Waals surface area contributed by atoms with Crippen molar-refractivity contribution in [2.75, 3.05) is 18.0 Å². The maximum absolute atomic E-state index is 13.3. The summed E-state index contributed by atoms with van der Waals surface area (Å²) >= 11 is 6.23. The van der Waals surface area contributed by atoms with Crippen molar-refractivity contribution in [1.29, 1.82) is 0 Å². The van der Waals surface area contributed by atoms with E-state index in [1.165, 1.54) is 12.8 Å². The van der Waals surface area contributed by atoms with Gasteiger partial charge in [-0.15, -0.1) is 10.2 Å². The Morgan fingerprint density at radius 1 is 0.933 bits per heavy atom. The van der Waals surface area contributed by atoms with Gasteiger partial charge >= 0.3 is 0 Å². The monoisotopic (exact) mass is 419 g/mol. The molecule has 5 rings (SSSR count). The quantitative estimate of drug-likeness (QED) is 0.482. The molecule has 0 spiro atoms. The molecule has 4 aromatic rings. The molecule has 6 nitrogen and oxygen atoms in total. The number of hydrogen-bond donors (Lipinski definition) is 0. The molecule has 0 aliphatic carbocycles. The van der Waals surface area contributed by atoms with E-state index in [-0.39, 0.29) is 5.56 Å². The largest absolute Gasteiger partial charge is 0.341 e. The molecule has 3 heterocycles. The van der Waals surface area contributed by atoms with Gasteiger partial charge in [0.1, 0.15) is 0 Å². The molecule has 0 amide bonds. The summed E-state index contributed by atoms with van der Waals surface area (Å²) in [4.78, 5) is 15.6. The zero-order valence-electron chi connectivity index (χ0n) is 16.5. The Morgan fingerprint density at radius 3 is 2.47 bits per heavy atom. The van der Waals surface area contributed by atoms with Crippen LogP contribution in [0.4, 0.5) is 5.95 Å². The topological polar surface area (TPSA) is 55.4 Å². The first kappa shape index (κ1) is 18.9. The normalized spacial score (nSPS) is 15.3. The van der Waals surface area contributed by atoms with Crippen LogP contribution in [0.3, 0.4) is 0 Å². The molecule has 30 heavy (non-hydrogen) atoms. The summed E-state index contributed by atoms with van der Waals surface area (Å²) in [6.07, 6.45) is 8.38. The van der Waals surface area contributed by atoms with E-state index >= 15 is 0 Å². The second-order valence-corrected chi connectivity index (χ2v) is 8.04. The summed E-state index contributed by atoms with van der Waals surface area (Å²) in [7, 11) is 0. The van der Waals surface area contributed by atoms with Gasteiger partial charge in [0, 0.05) is 24.3 Å². The lowest BCUT2D eigenvalue weighted by Crippen LogP contribution is -2.27. The number of nitrogens with zero attached hydrogens (tertiary/aromatic N) is 5. The molecule has 0 atom stereocenters. The van der Waals surface area contributed by atoms with Gasteiger partial charge in [-0.25, -0.2) is 4.40 Å². The van der Waals surface area contributed by atoms with Gasteiger partial charge in [0.15, 0.2) is 0 Å². The molecule has 152 valence electrons. The third kappa shape index (κ3) is 3.37. The van der Waals surface area contributed by atoms with Crippen LogP contribution in [0.15, 0.2) is 53.3 Å². The van der Waals surface area contributed by atoms with Crippen LogP contribution in [0.2, 0.25) is 5.02 Å². The predicted octanol–water partition coefficient (Wildman–Crippen LogP) is 4.71. The number of fused-ring (bicyclic) bond motifs is 3. The molecule has 2 aromatic carbocycles. The van der Waals surface area contributed by atoms with Crippen molar-refractivity contribution in [1.82, 2.24) is 19.2 Å². The Balaban J connectivity index is 1.76. The second kappa shape index (κ2) is 7.95. The van der Waals surface area contributed by atoms with Crippen LogP contribution in [0, 0.1) is 0 Å². The van der Waals surface area contributed by atoms with E-state index in [9.17, 15) is 4.79 Å². The maximum atomic E-state index is 13.3. The molecule has 2 aromatic heterocycles. The van der Waals surface area contributed by atoms with E-state index in [1.807, 2.05) is 46.9 Å². The average molecular weight is 420 g/mol. The lowest BCUT2D eigenvalue weighted by molar-refractivity contribution is 0.726. The van der Waals surface area contributed by atoms with Crippen LogP contribution >= 0.6 is 11.6 Å². The lowest BCUT2D eigenvalue weighted by atomic mass is 10.2. The third-order valence-corrected chi connectivity index (χ3v) is 5.83. The molecule has 0 radical (unpaired) electrons. The fourth-order valence-corrected chi connectivity index (χ4v) is 4.24. The summed E-state index contributed by atoms with van der Waals surface area (Å²) in [5, 5.41) is 10.00. The Hall–Kier alpha value is -3.12. The standard InChI is InChI=1S/C23H22ClN5O/c24-18-10-11-20-19(16-18)21(30)28(15-12-17-8-4-3-5-9-17)23-26-25-22(29(20)23)27-13-6-1-2-7-14-27/h3-5,8-12,15-16H,1-2,6-7,13-14H2/b15-12+. The Bertz CT molecular complexity index is 1280. The molecule has 7 heteroatoms. The number of halogens is 1. The van der Waals surface area contributed by atoms with Gasteiger partial charge in [-0.1, -0.05) is 54.8 Å². The zero-order chi connectivity index (χ0) is 20.5. The Morgan fingerprint density at radius 2 is 1.70 bits per heavy atom. The van der Waals surface area contributed by atoms with E-state index in [4.69, 9.17) is 11.6 Å². The lowest BCUT2D eigenvalue weighted by Gasteiger charge is -2.20. The molecular weight excluding hydrogens is 398 g/mol. The van der Waals surface area contributed by atoms with Gasteiger partial charge in [-0.3, -0.25) is 9.36 Å². The predicted molar refractivity (Wildman–Crippen MR) is 122 cm³/mol. The van der Waals surface area contributed by atoms with Crippen molar-refractivity contribution in [2.45, 2.75) is 25.7 Å². The molecule has 0 unspecified atom stereocenters. The van der Waals surface area contributed by atoms with Gasteiger partial charge in [-0.2, -0.15) is 0 Å². The van der Waals surface area contributed by atoms with Crippen molar-refractivity contribution < 1.29 is 0 Å². The van der Waals surface area contributed by atoms with Gasteiger partial charge in [0.2, 0.25) is 11.7 Å². The van der Waals surface area contributed by atoms with Crippen molar-refractivity contribution in [3.05, 3.63) is 69.5 Å². The van der Waals surface area contributed by atoms with E-state index in [2.05, 4.69) is 15.1 Å².